The summed E-state index contributed by atoms with van der Waals surface area (Å²) in [6.45, 7) is 3.02. The molecule has 4 heterocycles. The molecule has 9 heteroatoms. The molecule has 1 aromatic carbocycles. The first-order chi connectivity index (χ1) is 14.9. The number of carbonyl (C=O) groups is 1. The van der Waals surface area contributed by atoms with Crippen molar-refractivity contribution in [2.75, 3.05) is 25.1 Å². The van der Waals surface area contributed by atoms with Crippen molar-refractivity contribution < 1.29 is 23.0 Å². The summed E-state index contributed by atoms with van der Waals surface area (Å²) >= 11 is 0. The second-order valence-corrected chi connectivity index (χ2v) is 8.42. The molecule has 5 rings (SSSR count). The molecule has 3 aliphatic rings. The summed E-state index contributed by atoms with van der Waals surface area (Å²) in [7, 11) is 1.57. The van der Waals surface area contributed by atoms with Crippen LogP contribution in [0.4, 0.5) is 14.7 Å². The van der Waals surface area contributed by atoms with E-state index < -0.39 is 17.2 Å². The van der Waals surface area contributed by atoms with Gasteiger partial charge in [-0.1, -0.05) is 0 Å². The number of nitrogens with zero attached hydrogens (tertiary/aromatic N) is 4. The van der Waals surface area contributed by atoms with Crippen molar-refractivity contribution >= 4 is 11.9 Å². The Morgan fingerprint density at radius 2 is 1.87 bits per heavy atom. The molecule has 0 radical (unpaired) electrons. The fraction of sp³-hybridized carbons (Fsp3) is 0.500. The number of halogens is 2. The van der Waals surface area contributed by atoms with Crippen LogP contribution in [0.15, 0.2) is 24.4 Å². The lowest BCUT2D eigenvalue weighted by molar-refractivity contribution is -0.140. The van der Waals surface area contributed by atoms with Crippen molar-refractivity contribution in [3.05, 3.63) is 47.2 Å². The predicted octanol–water partition coefficient (Wildman–Crippen LogP) is 3.13. The topological polar surface area (TPSA) is 67.8 Å². The maximum atomic E-state index is 13.8. The molecule has 0 unspecified atom stereocenters. The van der Waals surface area contributed by atoms with Gasteiger partial charge < -0.3 is 19.3 Å². The van der Waals surface area contributed by atoms with E-state index in [9.17, 15) is 13.6 Å². The van der Waals surface area contributed by atoms with Crippen LogP contribution in [-0.4, -0.2) is 52.8 Å². The van der Waals surface area contributed by atoms with Crippen LogP contribution in [0.25, 0.3) is 0 Å². The Morgan fingerprint density at radius 3 is 2.55 bits per heavy atom. The molecule has 3 fully saturated rings. The normalized spacial score (nSPS) is 24.7. The molecule has 3 saturated heterocycles. The average Bonchev–Trinajstić information content (AvgIpc) is 3.27. The zero-order chi connectivity index (χ0) is 21.8. The molecule has 0 saturated carbocycles. The van der Waals surface area contributed by atoms with Gasteiger partial charge in [0.25, 0.3) is 5.91 Å². The Morgan fingerprint density at radius 1 is 1.16 bits per heavy atom. The van der Waals surface area contributed by atoms with Crippen molar-refractivity contribution in [3.8, 4) is 5.88 Å². The van der Waals surface area contributed by atoms with Gasteiger partial charge in [-0.05, 0) is 37.5 Å². The second-order valence-electron chi connectivity index (χ2n) is 8.42. The highest BCUT2D eigenvalue weighted by Gasteiger charge is 2.58. The van der Waals surface area contributed by atoms with Gasteiger partial charge in [0, 0.05) is 43.8 Å². The number of amides is 1. The molecule has 0 aliphatic carbocycles. The lowest BCUT2D eigenvalue weighted by Gasteiger charge is -2.37. The molecule has 164 valence electrons. The van der Waals surface area contributed by atoms with E-state index in [1.54, 1.807) is 18.2 Å². The number of piperidine rings is 1. The average molecular weight is 430 g/mol. The Hall–Kier alpha value is -2.81. The smallest absolute Gasteiger partial charge is 0.257 e. The van der Waals surface area contributed by atoms with E-state index >= 15 is 0 Å². The number of carbonyl (C=O) groups excluding carboxylic acids is 1. The van der Waals surface area contributed by atoms with Crippen LogP contribution >= 0.6 is 0 Å². The van der Waals surface area contributed by atoms with Crippen molar-refractivity contribution in [1.82, 2.24) is 14.9 Å². The molecule has 1 aromatic heterocycles. The molecule has 3 aliphatic heterocycles. The number of fused-ring (bicyclic) bond motifs is 1. The van der Waals surface area contributed by atoms with E-state index in [-0.39, 0.29) is 18.2 Å². The third kappa shape index (κ3) is 3.31. The second kappa shape index (κ2) is 7.40. The molecular formula is C22H24F2N4O3. The van der Waals surface area contributed by atoms with Gasteiger partial charge in [-0.2, -0.15) is 4.98 Å². The summed E-state index contributed by atoms with van der Waals surface area (Å²) in [4.78, 5) is 26.0. The number of ether oxygens (including phenoxy) is 2. The zero-order valence-corrected chi connectivity index (χ0v) is 17.5. The number of anilines is 1. The Kier molecular flexibility index (Phi) is 4.80. The van der Waals surface area contributed by atoms with Crippen LogP contribution in [0.1, 0.15) is 42.9 Å². The number of methoxy groups -OCH3 is 1. The third-order valence-corrected chi connectivity index (χ3v) is 6.55. The van der Waals surface area contributed by atoms with E-state index in [2.05, 4.69) is 9.97 Å². The fourth-order valence-corrected chi connectivity index (χ4v) is 4.98. The van der Waals surface area contributed by atoms with Crippen LogP contribution < -0.4 is 9.64 Å². The molecule has 1 spiro atoms. The maximum absolute atomic E-state index is 13.8. The third-order valence-electron chi connectivity index (χ3n) is 6.55. The minimum atomic E-state index is -0.902. The lowest BCUT2D eigenvalue weighted by Crippen LogP contribution is -2.50. The van der Waals surface area contributed by atoms with Crippen LogP contribution in [-0.2, 0) is 9.53 Å². The SMILES string of the molecule is COc1nc(N2CCC3(CC2)O[C@@H]2CC[C@@H](c4cc(F)cc(F)c4)N2C3=O)ncc1C. The highest BCUT2D eigenvalue weighted by atomic mass is 19.1. The summed E-state index contributed by atoms with van der Waals surface area (Å²) in [5.41, 5.74) is 0.432. The summed E-state index contributed by atoms with van der Waals surface area (Å²) in [5.74, 6) is -0.266. The van der Waals surface area contributed by atoms with Crippen LogP contribution in [0, 0.1) is 18.6 Å². The van der Waals surface area contributed by atoms with Crippen LogP contribution in [0.5, 0.6) is 5.88 Å². The number of rotatable bonds is 3. The minimum Gasteiger partial charge on any atom is -0.481 e. The maximum Gasteiger partial charge on any atom is 0.257 e. The summed E-state index contributed by atoms with van der Waals surface area (Å²) < 4.78 is 39.1. The van der Waals surface area contributed by atoms with Gasteiger partial charge in [-0.25, -0.2) is 13.8 Å². The number of aryl methyl sites for hydroxylation is 1. The highest BCUT2D eigenvalue weighted by Crippen LogP contribution is 2.48. The van der Waals surface area contributed by atoms with Gasteiger partial charge >= 0.3 is 0 Å². The largest absolute Gasteiger partial charge is 0.481 e. The number of benzene rings is 1. The van der Waals surface area contributed by atoms with Crippen molar-refractivity contribution in [3.63, 3.8) is 0 Å². The van der Waals surface area contributed by atoms with Gasteiger partial charge in [0.2, 0.25) is 11.8 Å². The van der Waals surface area contributed by atoms with E-state index in [0.29, 0.717) is 56.2 Å². The first kappa shape index (κ1) is 20.1. The standard InChI is InChI=1S/C22H24F2N4O3/c1-13-12-25-21(26-19(13)30-2)27-7-5-22(6-8-27)20(29)28-17(3-4-18(28)31-22)14-9-15(23)11-16(24)10-14/h9-12,17-18H,3-8H2,1-2H3/t17-,18+/m0/s1. The lowest BCUT2D eigenvalue weighted by atomic mass is 9.89. The molecule has 31 heavy (non-hydrogen) atoms. The van der Waals surface area contributed by atoms with Gasteiger partial charge in [0.1, 0.15) is 17.9 Å². The van der Waals surface area contributed by atoms with Gasteiger partial charge in [0.15, 0.2) is 5.60 Å². The molecule has 0 N–H and O–H groups in total. The first-order valence-electron chi connectivity index (χ1n) is 10.5. The number of hydrogen-bond acceptors (Lipinski definition) is 6. The summed E-state index contributed by atoms with van der Waals surface area (Å²) in [6.07, 6.45) is 3.65. The van der Waals surface area contributed by atoms with E-state index in [0.717, 1.165) is 11.6 Å². The molecule has 7 nitrogen and oxygen atoms in total. The zero-order valence-electron chi connectivity index (χ0n) is 17.5. The van der Waals surface area contributed by atoms with Gasteiger partial charge in [-0.3, -0.25) is 4.79 Å². The monoisotopic (exact) mass is 430 g/mol. The quantitative estimate of drug-likeness (QED) is 0.746. The molecule has 1 amide bonds. The molecule has 2 aromatic rings. The van der Waals surface area contributed by atoms with E-state index in [1.165, 1.54) is 12.1 Å². The van der Waals surface area contributed by atoms with E-state index in [4.69, 9.17) is 9.47 Å². The molecule has 2 atom stereocenters. The van der Waals surface area contributed by atoms with Gasteiger partial charge in [0.05, 0.1) is 13.2 Å². The highest BCUT2D eigenvalue weighted by molar-refractivity contribution is 5.88. The Labute approximate surface area is 179 Å². The number of hydrogen-bond donors (Lipinski definition) is 0. The first-order valence-corrected chi connectivity index (χ1v) is 10.5. The van der Waals surface area contributed by atoms with E-state index in [1.807, 2.05) is 11.8 Å². The predicted molar refractivity (Wildman–Crippen MR) is 108 cm³/mol. The Bertz CT molecular complexity index is 1010. The minimum absolute atomic E-state index is 0.0910. The van der Waals surface area contributed by atoms with Crippen LogP contribution in [0.2, 0.25) is 0 Å². The van der Waals surface area contributed by atoms with Crippen molar-refractivity contribution in [1.29, 1.82) is 0 Å². The van der Waals surface area contributed by atoms with Gasteiger partial charge in [-0.15, -0.1) is 0 Å². The fourth-order valence-electron chi connectivity index (χ4n) is 4.98. The number of aromatic nitrogens is 2. The van der Waals surface area contributed by atoms with Crippen molar-refractivity contribution in [2.45, 2.75) is 50.5 Å². The molecular weight excluding hydrogens is 406 g/mol. The van der Waals surface area contributed by atoms with Crippen LogP contribution in [0.3, 0.4) is 0 Å². The summed E-state index contributed by atoms with van der Waals surface area (Å²) in [5, 5.41) is 0. The summed E-state index contributed by atoms with van der Waals surface area (Å²) in [6, 6.07) is 3.08. The molecule has 0 bridgehead atoms. The van der Waals surface area contributed by atoms with Crippen molar-refractivity contribution in [2.24, 2.45) is 0 Å². The Balaban J connectivity index is 1.33.